The van der Waals surface area contributed by atoms with Gasteiger partial charge in [0.1, 0.15) is 6.33 Å². The second kappa shape index (κ2) is 5.18. The van der Waals surface area contributed by atoms with Gasteiger partial charge in [0.05, 0.1) is 12.0 Å². The van der Waals surface area contributed by atoms with Crippen molar-refractivity contribution >= 4 is 70.5 Å². The molecule has 96 valence electrons. The average molecular weight is 448 g/mol. The van der Waals surface area contributed by atoms with E-state index in [0.29, 0.717) is 17.0 Å². The summed E-state index contributed by atoms with van der Waals surface area (Å²) >= 11 is 10.5. The molecule has 8 heteroatoms. The molecule has 0 bridgehead atoms. The van der Waals surface area contributed by atoms with Gasteiger partial charge in [0.2, 0.25) is 0 Å². The topological polar surface area (TPSA) is 66.5 Å². The maximum atomic E-state index is 4.22. The van der Waals surface area contributed by atoms with Gasteiger partial charge in [-0.2, -0.15) is 0 Å². The first kappa shape index (κ1) is 13.0. The van der Waals surface area contributed by atoms with E-state index >= 15 is 0 Å². The molecule has 19 heavy (non-hydrogen) atoms. The molecule has 5 nitrogen and oxygen atoms in total. The number of hydrogen-bond donors (Lipinski definition) is 2. The minimum Gasteiger partial charge on any atom is -0.336 e. The second-order valence-electron chi connectivity index (χ2n) is 3.69. The van der Waals surface area contributed by atoms with Crippen LogP contribution in [0.2, 0.25) is 0 Å². The lowest BCUT2D eigenvalue weighted by atomic mass is 10.3. The summed E-state index contributed by atoms with van der Waals surface area (Å²) in [6.45, 7) is 0. The highest BCUT2D eigenvalue weighted by Crippen LogP contribution is 2.36. The molecule has 0 amide bonds. The Morgan fingerprint density at radius 1 is 1.00 bits per heavy atom. The van der Waals surface area contributed by atoms with Crippen LogP contribution in [0.4, 0.5) is 11.5 Å². The molecule has 3 aromatic rings. The Kier molecular flexibility index (Phi) is 3.55. The summed E-state index contributed by atoms with van der Waals surface area (Å²) in [6.07, 6.45) is 3.08. The zero-order valence-corrected chi connectivity index (χ0v) is 14.0. The first-order valence-corrected chi connectivity index (χ1v) is 7.58. The summed E-state index contributed by atoms with van der Waals surface area (Å²) in [4.78, 5) is 15.5. The van der Waals surface area contributed by atoms with Crippen molar-refractivity contribution in [2.45, 2.75) is 0 Å². The molecule has 0 spiro atoms. The Balaban J connectivity index is 2.09. The number of anilines is 2. The number of imidazole rings is 1. The molecule has 0 atom stereocenters. The number of hydrogen-bond acceptors (Lipinski definition) is 4. The number of halogens is 3. The Hall–Kier alpha value is -0.990. The molecule has 2 N–H and O–H groups in total. The Morgan fingerprint density at radius 2 is 1.74 bits per heavy atom. The zero-order chi connectivity index (χ0) is 13.4. The number of nitrogens with zero attached hydrogens (tertiary/aromatic N) is 3. The van der Waals surface area contributed by atoms with Gasteiger partial charge >= 0.3 is 0 Å². The van der Waals surface area contributed by atoms with Crippen LogP contribution >= 0.6 is 47.8 Å². The minimum atomic E-state index is 0.648. The van der Waals surface area contributed by atoms with E-state index in [1.54, 1.807) is 6.33 Å². The highest BCUT2D eigenvalue weighted by atomic mass is 79.9. The minimum absolute atomic E-state index is 0.648. The molecule has 1 aromatic carbocycles. The van der Waals surface area contributed by atoms with Crippen LogP contribution < -0.4 is 5.32 Å². The predicted octanol–water partition coefficient (Wildman–Crippen LogP) is 4.38. The molecule has 2 aromatic heterocycles. The molecular weight excluding hydrogens is 442 g/mol. The fraction of sp³-hybridized carbons (Fsp3) is 0. The SMILES string of the molecule is Brc1cc(Br)c(Nc2ncnc3[nH]cnc23)c(Br)c1. The molecule has 0 saturated carbocycles. The number of aromatic nitrogens is 4. The van der Waals surface area contributed by atoms with E-state index in [2.05, 4.69) is 73.0 Å². The lowest BCUT2D eigenvalue weighted by Gasteiger charge is -2.10. The monoisotopic (exact) mass is 445 g/mol. The van der Waals surface area contributed by atoms with Crippen molar-refractivity contribution < 1.29 is 0 Å². The molecular formula is C11H6Br3N5. The van der Waals surface area contributed by atoms with Crippen LogP contribution in [0.1, 0.15) is 0 Å². The van der Waals surface area contributed by atoms with Gasteiger partial charge in [-0.1, -0.05) is 15.9 Å². The van der Waals surface area contributed by atoms with Crippen LogP contribution in [0.5, 0.6) is 0 Å². The second-order valence-corrected chi connectivity index (χ2v) is 6.32. The maximum Gasteiger partial charge on any atom is 0.162 e. The number of aromatic amines is 1. The number of rotatable bonds is 2. The fourth-order valence-electron chi connectivity index (χ4n) is 1.64. The summed E-state index contributed by atoms with van der Waals surface area (Å²) in [5, 5.41) is 3.25. The van der Waals surface area contributed by atoms with Crippen molar-refractivity contribution in [2.75, 3.05) is 5.32 Å². The first-order chi connectivity index (χ1) is 9.15. The van der Waals surface area contributed by atoms with Crippen molar-refractivity contribution in [1.29, 1.82) is 0 Å². The molecule has 0 aliphatic carbocycles. The number of benzene rings is 1. The largest absolute Gasteiger partial charge is 0.336 e. The van der Waals surface area contributed by atoms with Crippen molar-refractivity contribution in [3.05, 3.63) is 38.2 Å². The number of nitrogens with one attached hydrogen (secondary N) is 2. The highest BCUT2D eigenvalue weighted by Gasteiger charge is 2.11. The molecule has 2 heterocycles. The molecule has 0 unspecified atom stereocenters. The van der Waals surface area contributed by atoms with E-state index in [1.165, 1.54) is 6.33 Å². The van der Waals surface area contributed by atoms with E-state index in [0.717, 1.165) is 19.1 Å². The van der Waals surface area contributed by atoms with Crippen molar-refractivity contribution in [3.63, 3.8) is 0 Å². The van der Waals surface area contributed by atoms with Crippen LogP contribution in [0.15, 0.2) is 38.2 Å². The van der Waals surface area contributed by atoms with Crippen LogP contribution in [0.25, 0.3) is 11.2 Å². The average Bonchev–Trinajstić information content (AvgIpc) is 2.82. The van der Waals surface area contributed by atoms with Gasteiger partial charge in [-0.25, -0.2) is 15.0 Å². The van der Waals surface area contributed by atoms with Crippen LogP contribution in [-0.4, -0.2) is 19.9 Å². The van der Waals surface area contributed by atoms with E-state index in [4.69, 9.17) is 0 Å². The van der Waals surface area contributed by atoms with Crippen molar-refractivity contribution in [2.24, 2.45) is 0 Å². The van der Waals surface area contributed by atoms with E-state index in [1.807, 2.05) is 12.1 Å². The van der Waals surface area contributed by atoms with Gasteiger partial charge < -0.3 is 10.3 Å². The summed E-state index contributed by atoms with van der Waals surface area (Å²) in [5.41, 5.74) is 2.28. The predicted molar refractivity (Wildman–Crippen MR) is 84.5 cm³/mol. The fourth-order valence-corrected chi connectivity index (χ4v) is 4.09. The third-order valence-corrected chi connectivity index (χ3v) is 4.18. The Bertz CT molecular complexity index is 732. The summed E-state index contributed by atoms with van der Waals surface area (Å²) < 4.78 is 2.80. The summed E-state index contributed by atoms with van der Waals surface area (Å²) in [7, 11) is 0. The van der Waals surface area contributed by atoms with E-state index in [-0.39, 0.29) is 0 Å². The van der Waals surface area contributed by atoms with E-state index in [9.17, 15) is 0 Å². The third kappa shape index (κ3) is 2.52. The molecule has 0 aliphatic rings. The van der Waals surface area contributed by atoms with Crippen LogP contribution in [-0.2, 0) is 0 Å². The standard InChI is InChI=1S/C11H6Br3N5/c12-5-1-6(13)8(7(14)2-5)19-11-9-10(16-3-15-9)17-4-18-11/h1-4H,(H2,15,16,17,18,19). The lowest BCUT2D eigenvalue weighted by molar-refractivity contribution is 1.20. The molecule has 0 radical (unpaired) electrons. The highest BCUT2D eigenvalue weighted by molar-refractivity contribution is 9.11. The first-order valence-electron chi connectivity index (χ1n) is 5.21. The van der Waals surface area contributed by atoms with Gasteiger partial charge in [0, 0.05) is 13.4 Å². The number of H-pyrrole nitrogens is 1. The summed E-state index contributed by atoms with van der Waals surface area (Å²) in [5.74, 6) is 0.648. The van der Waals surface area contributed by atoms with Gasteiger partial charge in [0.25, 0.3) is 0 Å². The Labute approximate surface area is 133 Å². The Morgan fingerprint density at radius 3 is 2.47 bits per heavy atom. The van der Waals surface area contributed by atoms with Gasteiger partial charge in [-0.15, -0.1) is 0 Å². The van der Waals surface area contributed by atoms with Crippen LogP contribution in [0.3, 0.4) is 0 Å². The van der Waals surface area contributed by atoms with E-state index < -0.39 is 0 Å². The third-order valence-electron chi connectivity index (χ3n) is 2.47. The smallest absolute Gasteiger partial charge is 0.162 e. The van der Waals surface area contributed by atoms with Crippen molar-refractivity contribution in [1.82, 2.24) is 19.9 Å². The summed E-state index contributed by atoms with van der Waals surface area (Å²) in [6, 6.07) is 3.91. The van der Waals surface area contributed by atoms with Crippen LogP contribution in [0, 0.1) is 0 Å². The molecule has 0 saturated heterocycles. The van der Waals surface area contributed by atoms with Gasteiger partial charge in [-0.05, 0) is 44.0 Å². The normalized spacial score (nSPS) is 10.9. The zero-order valence-electron chi connectivity index (χ0n) is 9.28. The van der Waals surface area contributed by atoms with Crippen molar-refractivity contribution in [3.8, 4) is 0 Å². The molecule has 0 fully saturated rings. The van der Waals surface area contributed by atoms with Gasteiger partial charge in [-0.3, -0.25) is 0 Å². The molecule has 3 rings (SSSR count). The maximum absolute atomic E-state index is 4.22. The van der Waals surface area contributed by atoms with Gasteiger partial charge in [0.15, 0.2) is 17.0 Å². The molecule has 0 aliphatic heterocycles. The lowest BCUT2D eigenvalue weighted by Crippen LogP contribution is -1.97. The number of fused-ring (bicyclic) bond motifs is 1. The quantitative estimate of drug-likeness (QED) is 0.611.